The van der Waals surface area contributed by atoms with E-state index in [1.807, 2.05) is 0 Å². The molecule has 0 aromatic rings. The molecule has 0 aliphatic heterocycles. The maximum absolute atomic E-state index is 8.88. The van der Waals surface area contributed by atoms with Crippen molar-refractivity contribution in [2.24, 2.45) is 0 Å². The Bertz CT molecular complexity index is 415. The van der Waals surface area contributed by atoms with Gasteiger partial charge in [0.15, 0.2) is 0 Å². The van der Waals surface area contributed by atoms with E-state index in [0.29, 0.717) is 0 Å². The lowest BCUT2D eigenvalue weighted by Crippen LogP contribution is -2.27. The average molecular weight is 654 g/mol. The number of nitrogens with zero attached hydrogens (tertiary/aromatic N) is 3. The van der Waals surface area contributed by atoms with Gasteiger partial charge in [0.1, 0.15) is 0 Å². The summed E-state index contributed by atoms with van der Waals surface area (Å²) >= 11 is 0. The molecular formula is C36H84N3O4P. The second kappa shape index (κ2) is 43.0. The normalized spacial score (nSPS) is 11.2. The van der Waals surface area contributed by atoms with E-state index >= 15 is 0 Å². The Balaban J connectivity index is -0.000000253. The Morgan fingerprint density at radius 1 is 0.318 bits per heavy atom. The van der Waals surface area contributed by atoms with Gasteiger partial charge in [-0.15, -0.1) is 0 Å². The van der Waals surface area contributed by atoms with Crippen LogP contribution in [0.5, 0.6) is 0 Å². The predicted molar refractivity (Wildman–Crippen MR) is 198 cm³/mol. The zero-order valence-corrected chi connectivity index (χ0v) is 32.5. The summed E-state index contributed by atoms with van der Waals surface area (Å²) in [6, 6.07) is 0. The topological polar surface area (TPSA) is 87.5 Å². The van der Waals surface area contributed by atoms with Crippen molar-refractivity contribution in [3.05, 3.63) is 0 Å². The van der Waals surface area contributed by atoms with Crippen LogP contribution < -0.4 is 0 Å². The molecule has 8 heteroatoms. The molecule has 272 valence electrons. The minimum atomic E-state index is -4.64. The zero-order chi connectivity index (χ0) is 34.3. The maximum atomic E-state index is 8.88. The van der Waals surface area contributed by atoms with Gasteiger partial charge in [0, 0.05) is 0 Å². The summed E-state index contributed by atoms with van der Waals surface area (Å²) in [6.45, 7) is 32.3. The molecule has 0 saturated carbocycles. The summed E-state index contributed by atoms with van der Waals surface area (Å²) in [7, 11) is -4.64. The third-order valence-corrected chi connectivity index (χ3v) is 7.45. The summed E-state index contributed by atoms with van der Waals surface area (Å²) in [5.74, 6) is 0. The molecule has 0 rings (SSSR count). The van der Waals surface area contributed by atoms with Crippen molar-refractivity contribution in [3.8, 4) is 0 Å². The van der Waals surface area contributed by atoms with Gasteiger partial charge in [0.05, 0.1) is 0 Å². The number of hydrogen-bond donors (Lipinski definition) is 3. The monoisotopic (exact) mass is 654 g/mol. The quantitative estimate of drug-likeness (QED) is 0.0761. The fraction of sp³-hybridized carbons (Fsp3) is 1.00. The second-order valence-electron chi connectivity index (χ2n) is 12.2. The van der Waals surface area contributed by atoms with E-state index in [0.717, 1.165) is 0 Å². The van der Waals surface area contributed by atoms with Gasteiger partial charge in [-0.2, -0.15) is 0 Å². The van der Waals surface area contributed by atoms with E-state index in [-0.39, 0.29) is 0 Å². The Morgan fingerprint density at radius 3 is 0.477 bits per heavy atom. The van der Waals surface area contributed by atoms with Crippen LogP contribution in [0.25, 0.3) is 0 Å². The Kier molecular flexibility index (Phi) is 49.7. The highest BCUT2D eigenvalue weighted by molar-refractivity contribution is 7.45. The van der Waals surface area contributed by atoms with E-state index < -0.39 is 7.82 Å². The summed E-state index contributed by atoms with van der Waals surface area (Å²) in [4.78, 5) is 29.5. The summed E-state index contributed by atoms with van der Waals surface area (Å²) < 4.78 is 8.88. The van der Waals surface area contributed by atoms with Gasteiger partial charge in [-0.3, -0.25) is 0 Å². The predicted octanol–water partition coefficient (Wildman–Crippen LogP) is 10.1. The van der Waals surface area contributed by atoms with Crippen molar-refractivity contribution < 1.29 is 19.2 Å². The Morgan fingerprint density at radius 2 is 0.409 bits per heavy atom. The van der Waals surface area contributed by atoms with Crippen LogP contribution >= 0.6 is 7.82 Å². The van der Waals surface area contributed by atoms with Crippen molar-refractivity contribution in [2.75, 3.05) is 58.9 Å². The van der Waals surface area contributed by atoms with Gasteiger partial charge in [0.2, 0.25) is 0 Å². The molecular weight excluding hydrogens is 569 g/mol. The number of rotatable bonds is 27. The highest BCUT2D eigenvalue weighted by Crippen LogP contribution is 2.25. The second-order valence-corrected chi connectivity index (χ2v) is 13.2. The van der Waals surface area contributed by atoms with Crippen LogP contribution in [0.4, 0.5) is 0 Å². The Hall–Kier alpha value is -0.0100. The molecule has 0 fully saturated rings. The van der Waals surface area contributed by atoms with E-state index in [9.17, 15) is 0 Å². The lowest BCUT2D eigenvalue weighted by atomic mass is 10.2. The van der Waals surface area contributed by atoms with Crippen molar-refractivity contribution >= 4 is 7.82 Å². The molecule has 0 aromatic heterocycles. The largest absolute Gasteiger partial charge is 0.466 e. The standard InChI is InChI=1S/3C12H27N.H3O4P/c3*1-4-7-10-13(11-8-5-2)12-9-6-3;1-5(2,3)4/h3*4-12H2,1-3H3;(H3,1,2,3,4). The molecule has 0 aliphatic carbocycles. The molecule has 0 aromatic carbocycles. The SMILES string of the molecule is CCCCN(CCCC)CCCC.CCCCN(CCCC)CCCC.CCCCN(CCCC)CCCC.O=P(O)(O)O. The van der Waals surface area contributed by atoms with E-state index in [2.05, 4.69) is 77.0 Å². The first-order valence-corrected chi connectivity index (χ1v) is 20.6. The minimum absolute atomic E-state index is 1.32. The average Bonchev–Trinajstić information content (AvgIpc) is 2.99. The van der Waals surface area contributed by atoms with Gasteiger partial charge >= 0.3 is 7.82 Å². The molecule has 0 atom stereocenters. The van der Waals surface area contributed by atoms with Gasteiger partial charge in [-0.05, 0) is 117 Å². The van der Waals surface area contributed by atoms with Crippen molar-refractivity contribution in [2.45, 2.75) is 178 Å². The molecule has 0 unspecified atom stereocenters. The van der Waals surface area contributed by atoms with Gasteiger partial charge in [-0.25, -0.2) is 4.57 Å². The zero-order valence-electron chi connectivity index (χ0n) is 31.6. The van der Waals surface area contributed by atoms with Crippen LogP contribution in [0, 0.1) is 0 Å². The molecule has 44 heavy (non-hydrogen) atoms. The van der Waals surface area contributed by atoms with Crippen LogP contribution in [-0.2, 0) is 4.57 Å². The van der Waals surface area contributed by atoms with Gasteiger partial charge in [-0.1, -0.05) is 120 Å². The molecule has 0 saturated heterocycles. The van der Waals surface area contributed by atoms with Crippen LogP contribution in [0.1, 0.15) is 178 Å². The summed E-state index contributed by atoms with van der Waals surface area (Å²) in [5.41, 5.74) is 0. The van der Waals surface area contributed by atoms with Crippen LogP contribution in [0.15, 0.2) is 0 Å². The molecule has 0 aliphatic rings. The first-order valence-electron chi connectivity index (χ1n) is 19.0. The van der Waals surface area contributed by atoms with Gasteiger partial charge < -0.3 is 29.4 Å². The van der Waals surface area contributed by atoms with Crippen LogP contribution in [-0.4, -0.2) is 88.3 Å². The highest BCUT2D eigenvalue weighted by atomic mass is 31.2. The van der Waals surface area contributed by atoms with Crippen LogP contribution in [0.2, 0.25) is 0 Å². The summed E-state index contributed by atoms with van der Waals surface area (Å²) in [6.07, 6.45) is 24.3. The van der Waals surface area contributed by atoms with E-state index in [4.69, 9.17) is 19.2 Å². The number of hydrogen-bond acceptors (Lipinski definition) is 4. The van der Waals surface area contributed by atoms with Crippen LogP contribution in [0.3, 0.4) is 0 Å². The highest BCUT2D eigenvalue weighted by Gasteiger charge is 2.04. The van der Waals surface area contributed by atoms with E-state index in [1.165, 1.54) is 174 Å². The third-order valence-electron chi connectivity index (χ3n) is 7.45. The fourth-order valence-electron chi connectivity index (χ4n) is 4.44. The minimum Gasteiger partial charge on any atom is -0.303 e. The number of phosphoric acid groups is 1. The molecule has 0 spiro atoms. The third kappa shape index (κ3) is 54.5. The van der Waals surface area contributed by atoms with E-state index in [1.54, 1.807) is 0 Å². The lowest BCUT2D eigenvalue weighted by Gasteiger charge is -2.21. The van der Waals surface area contributed by atoms with Gasteiger partial charge in [0.25, 0.3) is 0 Å². The molecule has 0 heterocycles. The van der Waals surface area contributed by atoms with Crippen molar-refractivity contribution in [1.29, 1.82) is 0 Å². The van der Waals surface area contributed by atoms with Crippen molar-refractivity contribution in [1.82, 2.24) is 14.7 Å². The number of unbranched alkanes of at least 4 members (excludes halogenated alkanes) is 9. The lowest BCUT2D eigenvalue weighted by molar-refractivity contribution is 0.261. The molecule has 3 N–H and O–H groups in total. The maximum Gasteiger partial charge on any atom is 0.466 e. The summed E-state index contributed by atoms with van der Waals surface area (Å²) in [5, 5.41) is 0. The van der Waals surface area contributed by atoms with Crippen molar-refractivity contribution in [3.63, 3.8) is 0 Å². The first-order chi connectivity index (χ1) is 21.0. The first kappa shape index (κ1) is 50.8. The fourth-order valence-corrected chi connectivity index (χ4v) is 4.44. The molecule has 0 bridgehead atoms. The molecule has 0 radical (unpaired) electrons. The molecule has 0 amide bonds. The Labute approximate surface area is 278 Å². The smallest absolute Gasteiger partial charge is 0.303 e. The molecule has 7 nitrogen and oxygen atoms in total.